The zero-order chi connectivity index (χ0) is 14.0. The molecule has 0 aliphatic carbocycles. The molecule has 1 heterocycles. The van der Waals surface area contributed by atoms with Gasteiger partial charge < -0.3 is 9.47 Å². The highest BCUT2D eigenvalue weighted by Crippen LogP contribution is 2.39. The summed E-state index contributed by atoms with van der Waals surface area (Å²) in [7, 11) is -2.81. The van der Waals surface area contributed by atoms with E-state index in [-0.39, 0.29) is 35.8 Å². The van der Waals surface area contributed by atoms with Crippen molar-refractivity contribution < 1.29 is 26.5 Å². The quantitative estimate of drug-likeness (QED) is 0.769. The third-order valence-electron chi connectivity index (χ3n) is 2.54. The van der Waals surface area contributed by atoms with Crippen LogP contribution >= 0.6 is 0 Å². The molecule has 6 nitrogen and oxygen atoms in total. The van der Waals surface area contributed by atoms with Crippen LogP contribution in [0, 0.1) is 17.1 Å². The van der Waals surface area contributed by atoms with Crippen LogP contribution in [0.1, 0.15) is 11.1 Å². The Morgan fingerprint density at radius 2 is 2.05 bits per heavy atom. The van der Waals surface area contributed by atoms with E-state index in [1.54, 1.807) is 6.07 Å². The molecule has 1 aliphatic heterocycles. The average molecular weight is 287 g/mol. The zero-order valence-corrected chi connectivity index (χ0v) is 10.8. The van der Waals surface area contributed by atoms with Crippen LogP contribution in [0.4, 0.5) is 4.39 Å². The Morgan fingerprint density at radius 3 is 2.63 bits per heavy atom. The highest BCUT2D eigenvalue weighted by Gasteiger charge is 2.26. The molecule has 102 valence electrons. The van der Waals surface area contributed by atoms with E-state index in [9.17, 15) is 12.8 Å². The molecule has 0 N–H and O–H groups in total. The van der Waals surface area contributed by atoms with E-state index < -0.39 is 21.7 Å². The Hall–Kier alpha value is -1.85. The van der Waals surface area contributed by atoms with E-state index in [0.717, 1.165) is 13.2 Å². The SMILES string of the molecule is COS(=O)(=O)Cc1cc(F)c(C#N)c2c1OCCO2. The van der Waals surface area contributed by atoms with Crippen molar-refractivity contribution in [1.82, 2.24) is 0 Å². The Morgan fingerprint density at radius 1 is 1.42 bits per heavy atom. The van der Waals surface area contributed by atoms with Gasteiger partial charge in [0.1, 0.15) is 36.4 Å². The average Bonchev–Trinajstić information content (AvgIpc) is 2.39. The first-order valence-electron chi connectivity index (χ1n) is 5.28. The smallest absolute Gasteiger partial charge is 0.271 e. The van der Waals surface area contributed by atoms with Gasteiger partial charge in [0.05, 0.1) is 7.11 Å². The van der Waals surface area contributed by atoms with Gasteiger partial charge in [-0.15, -0.1) is 0 Å². The fraction of sp³-hybridized carbons (Fsp3) is 0.364. The first-order valence-corrected chi connectivity index (χ1v) is 6.85. The second-order valence-corrected chi connectivity index (χ2v) is 5.47. The maximum Gasteiger partial charge on any atom is 0.271 e. The summed E-state index contributed by atoms with van der Waals surface area (Å²) in [6.45, 7) is 0.366. The number of ether oxygens (including phenoxy) is 2. The molecular weight excluding hydrogens is 277 g/mol. The molecule has 0 saturated carbocycles. The number of halogens is 1. The second-order valence-electron chi connectivity index (χ2n) is 3.73. The standard InChI is InChI=1S/C11H10FNO5S/c1-16-19(14,15)6-7-4-9(12)8(5-13)11-10(7)17-2-3-18-11/h4H,2-3,6H2,1H3. The second kappa shape index (κ2) is 5.03. The van der Waals surface area contributed by atoms with Gasteiger partial charge in [0.15, 0.2) is 11.5 Å². The van der Waals surface area contributed by atoms with Crippen LogP contribution in [0.2, 0.25) is 0 Å². The molecule has 0 radical (unpaired) electrons. The van der Waals surface area contributed by atoms with Gasteiger partial charge in [-0.2, -0.15) is 13.7 Å². The number of fused-ring (bicyclic) bond motifs is 1. The number of nitrogens with zero attached hydrogens (tertiary/aromatic N) is 1. The minimum atomic E-state index is -3.83. The highest BCUT2D eigenvalue weighted by molar-refractivity contribution is 7.85. The Balaban J connectivity index is 2.57. The topological polar surface area (TPSA) is 85.6 Å². The summed E-state index contributed by atoms with van der Waals surface area (Å²) < 4.78 is 51.3. The van der Waals surface area contributed by atoms with Crippen LogP contribution in [0.3, 0.4) is 0 Å². The molecule has 2 rings (SSSR count). The van der Waals surface area contributed by atoms with Gasteiger partial charge >= 0.3 is 0 Å². The van der Waals surface area contributed by atoms with Crippen molar-refractivity contribution in [3.63, 3.8) is 0 Å². The lowest BCUT2D eigenvalue weighted by Gasteiger charge is -2.22. The molecule has 0 spiro atoms. The first kappa shape index (κ1) is 13.6. The van der Waals surface area contributed by atoms with Gasteiger partial charge in [-0.1, -0.05) is 0 Å². The molecule has 1 aromatic carbocycles. The largest absolute Gasteiger partial charge is 0.486 e. The summed E-state index contributed by atoms with van der Waals surface area (Å²) in [5, 5.41) is 8.88. The monoisotopic (exact) mass is 287 g/mol. The van der Waals surface area contributed by atoms with E-state index in [1.807, 2.05) is 0 Å². The molecule has 1 aliphatic rings. The molecule has 0 bridgehead atoms. The third kappa shape index (κ3) is 2.62. The number of benzene rings is 1. The zero-order valence-electron chi connectivity index (χ0n) is 9.97. The maximum absolute atomic E-state index is 13.7. The van der Waals surface area contributed by atoms with Gasteiger partial charge in [-0.25, -0.2) is 4.39 Å². The minimum Gasteiger partial charge on any atom is -0.486 e. The van der Waals surface area contributed by atoms with Crippen molar-refractivity contribution in [3.8, 4) is 17.6 Å². The van der Waals surface area contributed by atoms with Crippen molar-refractivity contribution >= 4 is 10.1 Å². The third-order valence-corrected chi connectivity index (χ3v) is 3.71. The summed E-state index contributed by atoms with van der Waals surface area (Å²) in [5.41, 5.74) is -0.235. The maximum atomic E-state index is 13.7. The molecule has 0 unspecified atom stereocenters. The number of rotatable bonds is 3. The summed E-state index contributed by atoms with van der Waals surface area (Å²) in [6, 6.07) is 2.61. The van der Waals surface area contributed by atoms with Gasteiger partial charge in [-0.3, -0.25) is 4.18 Å². The Kier molecular flexibility index (Phi) is 3.59. The van der Waals surface area contributed by atoms with Gasteiger partial charge in [-0.05, 0) is 6.07 Å². The lowest BCUT2D eigenvalue weighted by atomic mass is 10.1. The molecule has 0 aromatic heterocycles. The minimum absolute atomic E-state index is 0.0601. The molecule has 0 atom stereocenters. The van der Waals surface area contributed by atoms with E-state index in [0.29, 0.717) is 0 Å². The molecular formula is C11H10FNO5S. The fourth-order valence-electron chi connectivity index (χ4n) is 1.70. The molecule has 0 saturated heterocycles. The number of hydrogen-bond acceptors (Lipinski definition) is 6. The van der Waals surface area contributed by atoms with Gasteiger partial charge in [0.25, 0.3) is 10.1 Å². The van der Waals surface area contributed by atoms with Crippen LogP contribution in [0.25, 0.3) is 0 Å². The molecule has 8 heteroatoms. The van der Waals surface area contributed by atoms with Crippen molar-refractivity contribution in [2.45, 2.75) is 5.75 Å². The van der Waals surface area contributed by atoms with E-state index in [2.05, 4.69) is 4.18 Å². The normalized spacial score (nSPS) is 13.9. The lowest BCUT2D eigenvalue weighted by molar-refractivity contribution is 0.169. The first-order chi connectivity index (χ1) is 8.98. The summed E-state index contributed by atoms with van der Waals surface area (Å²) in [5.74, 6) is -1.40. The summed E-state index contributed by atoms with van der Waals surface area (Å²) in [4.78, 5) is 0. The number of nitriles is 1. The summed E-state index contributed by atoms with van der Waals surface area (Å²) in [6.07, 6.45) is 0. The van der Waals surface area contributed by atoms with Crippen LogP contribution < -0.4 is 9.47 Å². The van der Waals surface area contributed by atoms with Crippen molar-refractivity contribution in [3.05, 3.63) is 23.0 Å². The van der Waals surface area contributed by atoms with Crippen molar-refractivity contribution in [2.24, 2.45) is 0 Å². The van der Waals surface area contributed by atoms with E-state index in [4.69, 9.17) is 14.7 Å². The molecule has 0 fully saturated rings. The van der Waals surface area contributed by atoms with E-state index in [1.165, 1.54) is 0 Å². The molecule has 1 aromatic rings. The van der Waals surface area contributed by atoms with Gasteiger partial charge in [0.2, 0.25) is 0 Å². The highest BCUT2D eigenvalue weighted by atomic mass is 32.2. The molecule has 19 heavy (non-hydrogen) atoms. The Labute approximate surface area is 109 Å². The summed E-state index contributed by atoms with van der Waals surface area (Å²) >= 11 is 0. The van der Waals surface area contributed by atoms with Crippen molar-refractivity contribution in [1.29, 1.82) is 5.26 Å². The number of hydrogen-bond donors (Lipinski definition) is 0. The van der Waals surface area contributed by atoms with Crippen molar-refractivity contribution in [2.75, 3.05) is 20.3 Å². The fourth-order valence-corrected chi connectivity index (χ4v) is 2.42. The van der Waals surface area contributed by atoms with Crippen LogP contribution in [0.15, 0.2) is 6.07 Å². The predicted molar refractivity (Wildman–Crippen MR) is 61.7 cm³/mol. The van der Waals surface area contributed by atoms with Crippen LogP contribution in [-0.2, 0) is 20.1 Å². The Bertz CT molecular complexity index is 650. The lowest BCUT2D eigenvalue weighted by Crippen LogP contribution is -2.19. The predicted octanol–water partition coefficient (Wildman–Crippen LogP) is 0.945. The molecule has 0 amide bonds. The van der Waals surface area contributed by atoms with Crippen LogP contribution in [-0.4, -0.2) is 28.7 Å². The van der Waals surface area contributed by atoms with E-state index >= 15 is 0 Å². The van der Waals surface area contributed by atoms with Crippen LogP contribution in [0.5, 0.6) is 11.5 Å². The van der Waals surface area contributed by atoms with Gasteiger partial charge in [0, 0.05) is 5.56 Å².